The van der Waals surface area contributed by atoms with E-state index < -0.39 is 12.0 Å². The van der Waals surface area contributed by atoms with Crippen molar-refractivity contribution in [1.29, 1.82) is 0 Å². The van der Waals surface area contributed by atoms with Crippen LogP contribution in [0.4, 0.5) is 10.5 Å². The lowest BCUT2D eigenvalue weighted by atomic mass is 9.98. The molecule has 122 valence electrons. The predicted octanol–water partition coefficient (Wildman–Crippen LogP) is 3.29. The third-order valence-corrected chi connectivity index (χ3v) is 4.36. The molecule has 0 radical (unpaired) electrons. The van der Waals surface area contributed by atoms with Crippen LogP contribution in [0.25, 0.3) is 10.1 Å². The molecule has 0 aliphatic heterocycles. The molecule has 24 heavy (non-hydrogen) atoms. The zero-order valence-electron chi connectivity index (χ0n) is 12.6. The monoisotopic (exact) mass is 341 g/mol. The van der Waals surface area contributed by atoms with Crippen molar-refractivity contribution in [3.05, 3.63) is 60.3 Å². The van der Waals surface area contributed by atoms with E-state index in [4.69, 9.17) is 5.11 Å². The smallest absolute Gasteiger partial charge is 0.404 e. The van der Waals surface area contributed by atoms with Gasteiger partial charge in [0.15, 0.2) is 0 Å². The number of anilines is 1. The first-order valence-corrected chi connectivity index (χ1v) is 8.08. The van der Waals surface area contributed by atoms with Gasteiger partial charge in [0.2, 0.25) is 5.91 Å². The Kier molecular flexibility index (Phi) is 4.72. The molecule has 3 rings (SSSR count). The molecule has 3 aromatic rings. The van der Waals surface area contributed by atoms with Crippen molar-refractivity contribution in [3.63, 3.8) is 0 Å². The zero-order valence-corrected chi connectivity index (χ0v) is 13.4. The van der Waals surface area contributed by atoms with Gasteiger partial charge in [-0.25, -0.2) is 4.79 Å². The molecule has 0 spiro atoms. The Labute approximate surface area is 142 Å². The van der Waals surface area contributed by atoms with E-state index in [0.29, 0.717) is 5.69 Å². The number of aromatic nitrogens is 1. The third kappa shape index (κ3) is 3.69. The summed E-state index contributed by atoms with van der Waals surface area (Å²) in [4.78, 5) is 23.4. The highest BCUT2D eigenvalue weighted by molar-refractivity contribution is 7.13. The summed E-state index contributed by atoms with van der Waals surface area (Å²) in [6.07, 6.45) is 0.615. The molecule has 0 unspecified atom stereocenters. The van der Waals surface area contributed by atoms with Gasteiger partial charge in [-0.15, -0.1) is 0 Å². The molecule has 7 heteroatoms. The predicted molar refractivity (Wildman–Crippen MR) is 93.5 cm³/mol. The topological polar surface area (TPSA) is 91.3 Å². The number of hydrogen-bond donors (Lipinski definition) is 3. The molecule has 0 saturated heterocycles. The van der Waals surface area contributed by atoms with Gasteiger partial charge in [-0.3, -0.25) is 4.79 Å². The first-order valence-electron chi connectivity index (χ1n) is 7.30. The molecule has 0 aliphatic rings. The number of hydrogen-bond acceptors (Lipinski definition) is 4. The van der Waals surface area contributed by atoms with Crippen molar-refractivity contribution in [1.82, 2.24) is 9.69 Å². The maximum absolute atomic E-state index is 12.6. The van der Waals surface area contributed by atoms with Gasteiger partial charge in [-0.05, 0) is 35.3 Å². The number of nitrogens with zero attached hydrogens (tertiary/aromatic N) is 1. The molecule has 2 amide bonds. The van der Waals surface area contributed by atoms with Gasteiger partial charge < -0.3 is 15.7 Å². The highest BCUT2D eigenvalue weighted by Crippen LogP contribution is 2.24. The molecule has 0 aliphatic carbocycles. The Hall–Kier alpha value is -2.93. The number of amides is 2. The number of carboxylic acid groups (broad SMARTS) is 1. The molecule has 1 atom stereocenters. The largest absolute Gasteiger partial charge is 0.465 e. The van der Waals surface area contributed by atoms with E-state index >= 15 is 0 Å². The summed E-state index contributed by atoms with van der Waals surface area (Å²) in [7, 11) is 0. The fourth-order valence-corrected chi connectivity index (χ4v) is 3.09. The van der Waals surface area contributed by atoms with Crippen LogP contribution >= 0.6 is 11.5 Å². The maximum atomic E-state index is 12.6. The van der Waals surface area contributed by atoms with Crippen LogP contribution in [0.2, 0.25) is 0 Å². The summed E-state index contributed by atoms with van der Waals surface area (Å²) in [5, 5.41) is 15.0. The van der Waals surface area contributed by atoms with E-state index in [1.165, 1.54) is 11.5 Å². The first-order chi connectivity index (χ1) is 11.6. The van der Waals surface area contributed by atoms with E-state index in [-0.39, 0.29) is 12.5 Å². The van der Waals surface area contributed by atoms with E-state index in [0.717, 1.165) is 15.6 Å². The van der Waals surface area contributed by atoms with Gasteiger partial charge in [-0.1, -0.05) is 30.3 Å². The van der Waals surface area contributed by atoms with Crippen LogP contribution in [0.1, 0.15) is 11.5 Å². The average Bonchev–Trinajstić information content (AvgIpc) is 3.03. The lowest BCUT2D eigenvalue weighted by molar-refractivity contribution is -0.117. The molecular formula is C17H15N3O3S. The fourth-order valence-electron chi connectivity index (χ4n) is 2.40. The number of carbonyl (C=O) groups is 2. The molecule has 0 bridgehead atoms. The maximum Gasteiger partial charge on any atom is 0.404 e. The minimum absolute atomic E-state index is 0.00792. The molecule has 0 fully saturated rings. The Morgan fingerprint density at radius 2 is 1.96 bits per heavy atom. The quantitative estimate of drug-likeness (QED) is 0.664. The summed E-state index contributed by atoms with van der Waals surface area (Å²) >= 11 is 1.36. The number of rotatable bonds is 5. The SMILES string of the molecule is O=C(O)NC[C@@H](C(=O)Nc1ccc2cnsc2c1)c1ccccc1. The molecule has 6 nitrogen and oxygen atoms in total. The molecule has 0 saturated carbocycles. The summed E-state index contributed by atoms with van der Waals surface area (Å²) in [5.74, 6) is -0.877. The highest BCUT2D eigenvalue weighted by atomic mass is 32.1. The summed E-state index contributed by atoms with van der Waals surface area (Å²) < 4.78 is 5.09. The normalized spacial score (nSPS) is 11.8. The van der Waals surface area contributed by atoms with Gasteiger partial charge in [0.1, 0.15) is 0 Å². The van der Waals surface area contributed by atoms with Crippen molar-refractivity contribution >= 4 is 39.3 Å². The Morgan fingerprint density at radius 1 is 1.17 bits per heavy atom. The number of fused-ring (bicyclic) bond motifs is 1. The van der Waals surface area contributed by atoms with Gasteiger partial charge in [0.05, 0.1) is 10.6 Å². The second-order valence-corrected chi connectivity index (χ2v) is 6.05. The molecule has 3 N–H and O–H groups in total. The van der Waals surface area contributed by atoms with Crippen molar-refractivity contribution in [2.45, 2.75) is 5.92 Å². The van der Waals surface area contributed by atoms with Crippen LogP contribution in [-0.4, -0.2) is 28.0 Å². The van der Waals surface area contributed by atoms with E-state index in [9.17, 15) is 9.59 Å². The number of benzene rings is 2. The number of carbonyl (C=O) groups excluding carboxylic acids is 1. The number of nitrogens with one attached hydrogen (secondary N) is 2. The standard InChI is InChI=1S/C17H15N3O3S/c21-16(20-13-7-6-12-9-19-24-15(12)8-13)14(10-18-17(22)23)11-4-2-1-3-5-11/h1-9,14,18H,10H2,(H,20,21)(H,22,23)/t14-/m1/s1. The van der Waals surface area contributed by atoms with E-state index in [1.807, 2.05) is 30.3 Å². The van der Waals surface area contributed by atoms with Gasteiger partial charge in [0.25, 0.3) is 0 Å². The first kappa shape index (κ1) is 15.9. The van der Waals surface area contributed by atoms with E-state index in [1.54, 1.807) is 24.4 Å². The van der Waals surface area contributed by atoms with Gasteiger partial charge in [-0.2, -0.15) is 4.37 Å². The fraction of sp³-hybridized carbons (Fsp3) is 0.118. The summed E-state index contributed by atoms with van der Waals surface area (Å²) in [6.45, 7) is 0.00792. The van der Waals surface area contributed by atoms with Crippen molar-refractivity contribution in [2.75, 3.05) is 11.9 Å². The lowest BCUT2D eigenvalue weighted by Crippen LogP contribution is -2.33. The Balaban J connectivity index is 1.80. The second kappa shape index (κ2) is 7.10. The molecule has 1 aromatic heterocycles. The van der Waals surface area contributed by atoms with Crippen LogP contribution in [0.3, 0.4) is 0 Å². The highest BCUT2D eigenvalue weighted by Gasteiger charge is 2.21. The van der Waals surface area contributed by atoms with Crippen molar-refractivity contribution in [2.24, 2.45) is 0 Å². The van der Waals surface area contributed by atoms with Gasteiger partial charge in [0, 0.05) is 23.8 Å². The van der Waals surface area contributed by atoms with Crippen LogP contribution < -0.4 is 10.6 Å². The van der Waals surface area contributed by atoms with Crippen LogP contribution in [0.5, 0.6) is 0 Å². The molecular weight excluding hydrogens is 326 g/mol. The van der Waals surface area contributed by atoms with Gasteiger partial charge >= 0.3 is 6.09 Å². The second-order valence-electron chi connectivity index (χ2n) is 5.22. The van der Waals surface area contributed by atoms with Crippen LogP contribution in [0, 0.1) is 0 Å². The van der Waals surface area contributed by atoms with Crippen molar-refractivity contribution < 1.29 is 14.7 Å². The molecule has 2 aromatic carbocycles. The average molecular weight is 341 g/mol. The Morgan fingerprint density at radius 3 is 2.71 bits per heavy atom. The van der Waals surface area contributed by atoms with Crippen LogP contribution in [0.15, 0.2) is 54.7 Å². The summed E-state index contributed by atoms with van der Waals surface area (Å²) in [5.41, 5.74) is 1.41. The zero-order chi connectivity index (χ0) is 16.9. The third-order valence-electron chi connectivity index (χ3n) is 3.60. The minimum Gasteiger partial charge on any atom is -0.465 e. The van der Waals surface area contributed by atoms with Crippen LogP contribution in [-0.2, 0) is 4.79 Å². The van der Waals surface area contributed by atoms with E-state index in [2.05, 4.69) is 15.0 Å². The Bertz CT molecular complexity index is 864. The van der Waals surface area contributed by atoms with Crippen molar-refractivity contribution in [3.8, 4) is 0 Å². The minimum atomic E-state index is -1.16. The summed E-state index contributed by atoms with van der Waals surface area (Å²) in [6, 6.07) is 14.7. The molecule has 1 heterocycles. The lowest BCUT2D eigenvalue weighted by Gasteiger charge is -2.17.